The van der Waals surface area contributed by atoms with E-state index in [2.05, 4.69) is 22.8 Å². The van der Waals surface area contributed by atoms with Crippen LogP contribution in [0.1, 0.15) is 43.1 Å². The van der Waals surface area contributed by atoms with Gasteiger partial charge in [-0.15, -0.1) is 0 Å². The highest BCUT2D eigenvalue weighted by atomic mass is 16.2. The Bertz CT molecular complexity index is 1050. The Morgan fingerprint density at radius 2 is 1.82 bits per heavy atom. The second kappa shape index (κ2) is 6.43. The Balaban J connectivity index is 1.64. The summed E-state index contributed by atoms with van der Waals surface area (Å²) in [6.07, 6.45) is 2.76. The maximum atomic E-state index is 12.9. The first kappa shape index (κ1) is 18.1. The Labute approximate surface area is 160 Å². The highest BCUT2D eigenvalue weighted by molar-refractivity contribution is 6.11. The molecule has 9 nitrogen and oxygen atoms in total. The number of benzene rings is 1. The number of nitrogens with zero attached hydrogens (tertiary/aromatic N) is 3. The summed E-state index contributed by atoms with van der Waals surface area (Å²) in [6.45, 7) is 2.12. The van der Waals surface area contributed by atoms with Crippen LogP contribution in [0.3, 0.4) is 0 Å². The van der Waals surface area contributed by atoms with E-state index >= 15 is 0 Å². The molecule has 0 atom stereocenters. The number of nitrogens with one attached hydrogen (secondary N) is 2. The van der Waals surface area contributed by atoms with Crippen LogP contribution in [0.2, 0.25) is 0 Å². The monoisotopic (exact) mass is 383 g/mol. The van der Waals surface area contributed by atoms with Crippen molar-refractivity contribution in [3.05, 3.63) is 40.3 Å². The van der Waals surface area contributed by atoms with Gasteiger partial charge in [0.2, 0.25) is 0 Å². The molecule has 1 spiro atoms. The van der Waals surface area contributed by atoms with E-state index in [0.29, 0.717) is 29.5 Å². The zero-order chi connectivity index (χ0) is 20.1. The van der Waals surface area contributed by atoms with Gasteiger partial charge in [0.05, 0.1) is 5.39 Å². The van der Waals surface area contributed by atoms with E-state index in [0.717, 1.165) is 22.5 Å². The number of urea groups is 1. The maximum Gasteiger partial charge on any atom is 0.344 e. The molecule has 1 aromatic carbocycles. The molecule has 2 aromatic rings. The Morgan fingerprint density at radius 3 is 2.50 bits per heavy atom. The second-order valence-electron chi connectivity index (χ2n) is 7.60. The quantitative estimate of drug-likeness (QED) is 0.754. The van der Waals surface area contributed by atoms with Crippen molar-refractivity contribution in [2.45, 2.75) is 38.1 Å². The lowest BCUT2D eigenvalue weighted by molar-refractivity contribution is -0.134. The van der Waals surface area contributed by atoms with Gasteiger partial charge < -0.3 is 5.32 Å². The van der Waals surface area contributed by atoms with Gasteiger partial charge in [-0.3, -0.25) is 19.8 Å². The number of carbonyl (C=O) groups excluding carboxylic acids is 3. The molecule has 1 aliphatic carbocycles. The fraction of sp³-hybridized carbons (Fsp3) is 0.421. The van der Waals surface area contributed by atoms with E-state index in [-0.39, 0.29) is 11.3 Å². The molecule has 0 bridgehead atoms. The maximum absolute atomic E-state index is 12.9. The third kappa shape index (κ3) is 2.74. The summed E-state index contributed by atoms with van der Waals surface area (Å²) in [5, 5.41) is 8.21. The number of hydrogen-bond donors (Lipinski definition) is 2. The van der Waals surface area contributed by atoms with Crippen LogP contribution in [-0.4, -0.2) is 38.2 Å². The largest absolute Gasteiger partial charge is 0.344 e. The second-order valence-corrected chi connectivity index (χ2v) is 7.60. The van der Waals surface area contributed by atoms with Gasteiger partial charge in [-0.05, 0) is 37.7 Å². The smallest absolute Gasteiger partial charge is 0.322 e. The van der Waals surface area contributed by atoms with Crippen molar-refractivity contribution in [2.24, 2.45) is 13.0 Å². The summed E-state index contributed by atoms with van der Waals surface area (Å²) >= 11 is 0. The van der Waals surface area contributed by atoms with E-state index in [1.165, 1.54) is 7.05 Å². The topological polar surface area (TPSA) is 113 Å². The van der Waals surface area contributed by atoms with E-state index in [1.807, 2.05) is 0 Å². The molecular weight excluding hydrogens is 362 g/mol. The molecule has 2 aliphatic rings. The van der Waals surface area contributed by atoms with E-state index < -0.39 is 23.4 Å². The normalized spacial score (nSPS) is 24.6. The standard InChI is InChI=1S/C19H21N5O4/c1-11-7-9-19(10-8-11)17(27)24(18(28)20-19)22-15(25)14-12-5-3-4-6-13(12)16(26)23(2)21-14/h3-6,11H,7-10H2,1-2H3,(H,20,28)(H,22,25). The molecule has 0 radical (unpaired) electrons. The predicted octanol–water partition coefficient (Wildman–Crippen LogP) is 1.08. The Hall–Kier alpha value is -3.23. The summed E-state index contributed by atoms with van der Waals surface area (Å²) in [7, 11) is 1.44. The summed E-state index contributed by atoms with van der Waals surface area (Å²) in [6, 6.07) is 5.93. The van der Waals surface area contributed by atoms with Crippen molar-refractivity contribution in [1.82, 2.24) is 25.5 Å². The van der Waals surface area contributed by atoms with Gasteiger partial charge in [-0.2, -0.15) is 10.1 Å². The fourth-order valence-corrected chi connectivity index (χ4v) is 3.94. The Kier molecular flexibility index (Phi) is 4.17. The molecule has 4 rings (SSSR count). The van der Waals surface area contributed by atoms with Crippen molar-refractivity contribution >= 4 is 28.6 Å². The molecule has 1 saturated carbocycles. The Morgan fingerprint density at radius 1 is 1.18 bits per heavy atom. The zero-order valence-corrected chi connectivity index (χ0v) is 15.7. The van der Waals surface area contributed by atoms with Crippen molar-refractivity contribution in [2.75, 3.05) is 0 Å². The first-order valence-corrected chi connectivity index (χ1v) is 9.26. The number of fused-ring (bicyclic) bond motifs is 1. The number of imide groups is 1. The molecule has 2 fully saturated rings. The molecule has 2 N–H and O–H groups in total. The highest BCUT2D eigenvalue weighted by Crippen LogP contribution is 2.35. The highest BCUT2D eigenvalue weighted by Gasteiger charge is 2.53. The van der Waals surface area contributed by atoms with Crippen LogP contribution in [-0.2, 0) is 11.8 Å². The van der Waals surface area contributed by atoms with Crippen LogP contribution in [0.15, 0.2) is 29.1 Å². The summed E-state index contributed by atoms with van der Waals surface area (Å²) in [5.41, 5.74) is 1.06. The number of aryl methyl sites for hydroxylation is 1. The third-order valence-electron chi connectivity index (χ3n) is 5.67. The van der Waals surface area contributed by atoms with E-state index in [1.54, 1.807) is 24.3 Å². The molecule has 1 saturated heterocycles. The van der Waals surface area contributed by atoms with Gasteiger partial charge in [0.15, 0.2) is 5.69 Å². The average molecular weight is 383 g/mol. The van der Waals surface area contributed by atoms with Crippen LogP contribution < -0.4 is 16.3 Å². The summed E-state index contributed by atoms with van der Waals surface area (Å²) in [5.74, 6) is -0.677. The molecule has 2 heterocycles. The summed E-state index contributed by atoms with van der Waals surface area (Å²) < 4.78 is 1.06. The van der Waals surface area contributed by atoms with E-state index in [4.69, 9.17) is 0 Å². The molecule has 1 aliphatic heterocycles. The van der Waals surface area contributed by atoms with Gasteiger partial charge in [-0.25, -0.2) is 9.48 Å². The molecule has 146 valence electrons. The van der Waals surface area contributed by atoms with Crippen LogP contribution in [0.5, 0.6) is 0 Å². The SMILES string of the molecule is CC1CCC2(CC1)NC(=O)N(NC(=O)c1nn(C)c(=O)c3ccccc13)C2=O. The number of hydrazine groups is 1. The molecule has 28 heavy (non-hydrogen) atoms. The van der Waals surface area contributed by atoms with Crippen molar-refractivity contribution in [1.29, 1.82) is 0 Å². The number of amides is 4. The van der Waals surface area contributed by atoms with Crippen LogP contribution in [0.25, 0.3) is 10.8 Å². The molecule has 0 unspecified atom stereocenters. The van der Waals surface area contributed by atoms with Gasteiger partial charge in [0.25, 0.3) is 17.4 Å². The molecule has 4 amide bonds. The lowest BCUT2D eigenvalue weighted by Gasteiger charge is -2.33. The van der Waals surface area contributed by atoms with Crippen LogP contribution in [0, 0.1) is 5.92 Å². The lowest BCUT2D eigenvalue weighted by atomic mass is 9.77. The van der Waals surface area contributed by atoms with Crippen LogP contribution >= 0.6 is 0 Å². The van der Waals surface area contributed by atoms with Gasteiger partial charge in [0, 0.05) is 12.4 Å². The minimum absolute atomic E-state index is 0.0310. The van der Waals surface area contributed by atoms with Gasteiger partial charge in [-0.1, -0.05) is 25.1 Å². The number of carbonyl (C=O) groups is 3. The van der Waals surface area contributed by atoms with E-state index in [9.17, 15) is 19.2 Å². The van der Waals surface area contributed by atoms with Crippen molar-refractivity contribution in [3.8, 4) is 0 Å². The lowest BCUT2D eigenvalue weighted by Crippen LogP contribution is -2.51. The average Bonchev–Trinajstić information content (AvgIpc) is 2.91. The molecule has 1 aromatic heterocycles. The minimum atomic E-state index is -0.948. The van der Waals surface area contributed by atoms with Crippen LogP contribution in [0.4, 0.5) is 4.79 Å². The first-order valence-electron chi connectivity index (χ1n) is 9.26. The zero-order valence-electron chi connectivity index (χ0n) is 15.7. The van der Waals surface area contributed by atoms with Crippen molar-refractivity contribution < 1.29 is 14.4 Å². The number of aromatic nitrogens is 2. The van der Waals surface area contributed by atoms with Gasteiger partial charge >= 0.3 is 6.03 Å². The molecule has 9 heteroatoms. The predicted molar refractivity (Wildman–Crippen MR) is 100 cm³/mol. The summed E-state index contributed by atoms with van der Waals surface area (Å²) in [4.78, 5) is 50.3. The number of rotatable bonds is 2. The minimum Gasteiger partial charge on any atom is -0.322 e. The number of hydrogen-bond acceptors (Lipinski definition) is 5. The van der Waals surface area contributed by atoms with Crippen molar-refractivity contribution in [3.63, 3.8) is 0 Å². The third-order valence-corrected chi connectivity index (χ3v) is 5.67. The first-order chi connectivity index (χ1) is 13.3. The fourth-order valence-electron chi connectivity index (χ4n) is 3.94. The molecular formula is C19H21N5O4. The van der Waals surface area contributed by atoms with Gasteiger partial charge in [0.1, 0.15) is 5.54 Å².